The molecular weight excluding hydrogens is 330 g/mol. The molecule has 0 saturated carbocycles. The van der Waals surface area contributed by atoms with E-state index in [1.54, 1.807) is 24.3 Å². The van der Waals surface area contributed by atoms with E-state index < -0.39 is 11.8 Å². The molecular formula is C20H25N3O3. The van der Waals surface area contributed by atoms with Crippen molar-refractivity contribution < 1.29 is 14.3 Å². The van der Waals surface area contributed by atoms with Gasteiger partial charge >= 0.3 is 11.8 Å². The van der Waals surface area contributed by atoms with Crippen LogP contribution in [0.2, 0.25) is 0 Å². The summed E-state index contributed by atoms with van der Waals surface area (Å²) in [5.41, 5.74) is 0.536. The molecule has 6 nitrogen and oxygen atoms in total. The third-order valence-corrected chi connectivity index (χ3v) is 3.91. The molecule has 0 fully saturated rings. The minimum atomic E-state index is -0.679. The van der Waals surface area contributed by atoms with E-state index in [2.05, 4.69) is 29.4 Å². The highest BCUT2D eigenvalue weighted by molar-refractivity contribution is 6.39. The monoisotopic (exact) mass is 355 g/mol. The van der Waals surface area contributed by atoms with Crippen LogP contribution in [0.1, 0.15) is 13.8 Å². The van der Waals surface area contributed by atoms with Crippen LogP contribution in [-0.4, -0.2) is 42.9 Å². The molecule has 2 aromatic carbocycles. The Morgan fingerprint density at radius 2 is 1.50 bits per heavy atom. The number of para-hydroxylation sites is 1. The van der Waals surface area contributed by atoms with Gasteiger partial charge in [0.05, 0.1) is 0 Å². The van der Waals surface area contributed by atoms with Crippen LogP contribution in [0.3, 0.4) is 0 Å². The molecule has 138 valence electrons. The van der Waals surface area contributed by atoms with E-state index in [4.69, 9.17) is 4.74 Å². The van der Waals surface area contributed by atoms with E-state index in [1.165, 1.54) is 0 Å². The van der Waals surface area contributed by atoms with Gasteiger partial charge in [-0.2, -0.15) is 0 Å². The van der Waals surface area contributed by atoms with Crippen LogP contribution in [0.15, 0.2) is 54.6 Å². The number of hydrogen-bond acceptors (Lipinski definition) is 4. The molecule has 0 aliphatic heterocycles. The smallest absolute Gasteiger partial charge is 0.313 e. The summed E-state index contributed by atoms with van der Waals surface area (Å²) in [4.78, 5) is 26.0. The zero-order chi connectivity index (χ0) is 18.8. The maximum absolute atomic E-state index is 11.9. The largest absolute Gasteiger partial charge is 0.457 e. The van der Waals surface area contributed by atoms with Crippen molar-refractivity contribution in [3.05, 3.63) is 54.6 Å². The Kier molecular flexibility index (Phi) is 7.64. The fourth-order valence-electron chi connectivity index (χ4n) is 2.37. The summed E-state index contributed by atoms with van der Waals surface area (Å²) in [5.74, 6) is 0.0674. The van der Waals surface area contributed by atoms with Gasteiger partial charge in [-0.3, -0.25) is 9.59 Å². The first kappa shape index (κ1) is 19.5. The normalized spacial score (nSPS) is 10.4. The molecule has 2 rings (SSSR count). The van der Waals surface area contributed by atoms with E-state index in [-0.39, 0.29) is 0 Å². The topological polar surface area (TPSA) is 70.7 Å². The molecule has 26 heavy (non-hydrogen) atoms. The number of rotatable bonds is 8. The maximum Gasteiger partial charge on any atom is 0.313 e. The minimum Gasteiger partial charge on any atom is -0.457 e. The van der Waals surface area contributed by atoms with Gasteiger partial charge in [0.2, 0.25) is 0 Å². The van der Waals surface area contributed by atoms with Crippen LogP contribution in [-0.2, 0) is 9.59 Å². The average molecular weight is 355 g/mol. The van der Waals surface area contributed by atoms with Gasteiger partial charge in [0.25, 0.3) is 0 Å². The van der Waals surface area contributed by atoms with Crippen LogP contribution in [0.25, 0.3) is 0 Å². The molecule has 6 heteroatoms. The Morgan fingerprint density at radius 1 is 0.885 bits per heavy atom. The highest BCUT2D eigenvalue weighted by atomic mass is 16.5. The van der Waals surface area contributed by atoms with E-state index in [1.807, 2.05) is 30.3 Å². The van der Waals surface area contributed by atoms with Crippen molar-refractivity contribution in [3.8, 4) is 11.5 Å². The third-order valence-electron chi connectivity index (χ3n) is 3.91. The van der Waals surface area contributed by atoms with E-state index >= 15 is 0 Å². The number of nitrogens with zero attached hydrogens (tertiary/aromatic N) is 1. The molecule has 0 aliphatic rings. The molecule has 0 bridgehead atoms. The molecule has 2 aromatic rings. The van der Waals surface area contributed by atoms with Crippen molar-refractivity contribution >= 4 is 17.5 Å². The summed E-state index contributed by atoms with van der Waals surface area (Å²) >= 11 is 0. The van der Waals surface area contributed by atoms with Gasteiger partial charge in [0.1, 0.15) is 11.5 Å². The standard InChI is InChI=1S/C20H25N3O3/c1-3-23(4-2)15-14-21-19(24)20(25)22-16-10-12-18(13-11-16)26-17-8-6-5-7-9-17/h5-13H,3-4,14-15H2,1-2H3,(H,21,24)(H,22,25). The highest BCUT2D eigenvalue weighted by Gasteiger charge is 2.13. The fraction of sp³-hybridized carbons (Fsp3) is 0.300. The van der Waals surface area contributed by atoms with Gasteiger partial charge in [-0.1, -0.05) is 32.0 Å². The number of amides is 2. The van der Waals surface area contributed by atoms with E-state index in [0.717, 1.165) is 25.4 Å². The number of benzene rings is 2. The van der Waals surface area contributed by atoms with Gasteiger partial charge in [0.15, 0.2) is 0 Å². The summed E-state index contributed by atoms with van der Waals surface area (Å²) in [6.45, 7) is 7.10. The number of nitrogens with one attached hydrogen (secondary N) is 2. The van der Waals surface area contributed by atoms with Gasteiger partial charge in [-0.15, -0.1) is 0 Å². The summed E-state index contributed by atoms with van der Waals surface area (Å²) in [6.07, 6.45) is 0. The molecule has 0 unspecified atom stereocenters. The Bertz CT molecular complexity index is 698. The van der Waals surface area contributed by atoms with Crippen molar-refractivity contribution in [1.82, 2.24) is 10.2 Å². The lowest BCUT2D eigenvalue weighted by Gasteiger charge is -2.17. The van der Waals surface area contributed by atoms with Gasteiger partial charge < -0.3 is 20.3 Å². The Hall–Kier alpha value is -2.86. The van der Waals surface area contributed by atoms with Crippen LogP contribution < -0.4 is 15.4 Å². The summed E-state index contributed by atoms with van der Waals surface area (Å²) < 4.78 is 5.69. The molecule has 0 spiro atoms. The first-order valence-electron chi connectivity index (χ1n) is 8.76. The number of likely N-dealkylation sites (N-methyl/N-ethyl adjacent to an activating group) is 1. The summed E-state index contributed by atoms with van der Waals surface area (Å²) in [6, 6.07) is 16.3. The zero-order valence-electron chi connectivity index (χ0n) is 15.2. The minimum absolute atomic E-state index is 0.442. The molecule has 0 saturated heterocycles. The molecule has 0 radical (unpaired) electrons. The van der Waals surface area contributed by atoms with Gasteiger partial charge in [-0.25, -0.2) is 0 Å². The molecule has 2 N–H and O–H groups in total. The predicted octanol–water partition coefficient (Wildman–Crippen LogP) is 2.88. The Balaban J connectivity index is 1.80. The SMILES string of the molecule is CCN(CC)CCNC(=O)C(=O)Nc1ccc(Oc2ccccc2)cc1. The molecule has 0 atom stereocenters. The molecule has 0 aliphatic carbocycles. The number of ether oxygens (including phenoxy) is 1. The molecule has 0 heterocycles. The fourth-order valence-corrected chi connectivity index (χ4v) is 2.37. The Morgan fingerprint density at radius 3 is 2.12 bits per heavy atom. The number of hydrogen-bond donors (Lipinski definition) is 2. The van der Waals surface area contributed by atoms with E-state index in [9.17, 15) is 9.59 Å². The van der Waals surface area contributed by atoms with Crippen LogP contribution in [0.5, 0.6) is 11.5 Å². The maximum atomic E-state index is 11.9. The third kappa shape index (κ3) is 6.22. The first-order chi connectivity index (χ1) is 12.6. The lowest BCUT2D eigenvalue weighted by molar-refractivity contribution is -0.136. The molecule has 0 aromatic heterocycles. The zero-order valence-corrected chi connectivity index (χ0v) is 15.2. The van der Waals surface area contributed by atoms with E-state index in [0.29, 0.717) is 18.0 Å². The highest BCUT2D eigenvalue weighted by Crippen LogP contribution is 2.22. The average Bonchev–Trinajstić information content (AvgIpc) is 2.67. The van der Waals surface area contributed by atoms with Crippen molar-refractivity contribution in [2.45, 2.75) is 13.8 Å². The lowest BCUT2D eigenvalue weighted by Crippen LogP contribution is -2.40. The quantitative estimate of drug-likeness (QED) is 0.715. The lowest BCUT2D eigenvalue weighted by atomic mass is 10.3. The van der Waals surface area contributed by atoms with Gasteiger partial charge in [-0.05, 0) is 49.5 Å². The summed E-state index contributed by atoms with van der Waals surface area (Å²) in [7, 11) is 0. The Labute approximate surface area is 154 Å². The molecule has 2 amide bonds. The number of anilines is 1. The van der Waals surface area contributed by atoms with Crippen LogP contribution >= 0.6 is 0 Å². The van der Waals surface area contributed by atoms with Gasteiger partial charge in [0, 0.05) is 18.8 Å². The predicted molar refractivity (Wildman–Crippen MR) is 102 cm³/mol. The van der Waals surface area contributed by atoms with Crippen LogP contribution in [0, 0.1) is 0 Å². The second-order valence-corrected chi connectivity index (χ2v) is 5.68. The summed E-state index contributed by atoms with van der Waals surface area (Å²) in [5, 5.41) is 5.21. The second-order valence-electron chi connectivity index (χ2n) is 5.68. The van der Waals surface area contributed by atoms with Crippen LogP contribution in [0.4, 0.5) is 5.69 Å². The number of carbonyl (C=O) groups excluding carboxylic acids is 2. The van der Waals surface area contributed by atoms with Crippen molar-refractivity contribution in [2.24, 2.45) is 0 Å². The van der Waals surface area contributed by atoms with Crippen molar-refractivity contribution in [2.75, 3.05) is 31.5 Å². The second kappa shape index (κ2) is 10.2. The van der Waals surface area contributed by atoms with Crippen molar-refractivity contribution in [3.63, 3.8) is 0 Å². The first-order valence-corrected chi connectivity index (χ1v) is 8.76. The number of carbonyl (C=O) groups is 2. The van der Waals surface area contributed by atoms with Crippen molar-refractivity contribution in [1.29, 1.82) is 0 Å².